The van der Waals surface area contributed by atoms with Crippen LogP contribution in [0.2, 0.25) is 5.02 Å². The van der Waals surface area contributed by atoms with Gasteiger partial charge in [0.25, 0.3) is 0 Å². The number of phenols is 1. The normalized spacial score (nSPS) is 23.3. The van der Waals surface area contributed by atoms with E-state index in [0.717, 1.165) is 35.7 Å². The van der Waals surface area contributed by atoms with Crippen molar-refractivity contribution in [2.45, 2.75) is 63.6 Å². The predicted molar refractivity (Wildman–Crippen MR) is 179 cm³/mol. The van der Waals surface area contributed by atoms with Gasteiger partial charge in [0.2, 0.25) is 0 Å². The second kappa shape index (κ2) is 12.7. The van der Waals surface area contributed by atoms with E-state index in [4.69, 9.17) is 26.1 Å². The van der Waals surface area contributed by atoms with Crippen molar-refractivity contribution in [3.8, 4) is 22.9 Å². The molecule has 0 radical (unpaired) electrons. The highest BCUT2D eigenvalue weighted by Gasteiger charge is 2.49. The smallest absolute Gasteiger partial charge is 0.319 e. The molecule has 248 valence electrons. The van der Waals surface area contributed by atoms with Gasteiger partial charge in [-0.3, -0.25) is 9.69 Å². The number of hydrogen-bond acceptors (Lipinski definition) is 8. The third-order valence-electron chi connectivity index (χ3n) is 10.3. The molecule has 0 bridgehead atoms. The largest absolute Gasteiger partial charge is 0.508 e. The van der Waals surface area contributed by atoms with E-state index < -0.39 is 17.5 Å². The Labute approximate surface area is 277 Å². The van der Waals surface area contributed by atoms with Gasteiger partial charge in [0.15, 0.2) is 5.82 Å². The first kappa shape index (κ1) is 31.8. The lowest BCUT2D eigenvalue weighted by Crippen LogP contribution is -2.43. The molecule has 1 unspecified atom stereocenters. The summed E-state index contributed by atoms with van der Waals surface area (Å²) in [6.07, 6.45) is 3.83. The molecule has 3 aromatic carbocycles. The van der Waals surface area contributed by atoms with Gasteiger partial charge < -0.3 is 19.5 Å². The van der Waals surface area contributed by atoms with Crippen molar-refractivity contribution in [3.63, 3.8) is 0 Å². The van der Waals surface area contributed by atoms with Crippen LogP contribution in [0.4, 0.5) is 14.6 Å². The number of esters is 1. The number of aryl methyl sites for hydroxylation is 1. The SMILES string of the molecule is CCc1cc(O)cc2cccc(-c3c(Cl)cc4c(N5CCCC(C(=O)OC)CC5)nc(OC[C@@]56CCCN5C[C@H](F)C6)nc4c3F)c12. The third-order valence-corrected chi connectivity index (χ3v) is 10.6. The number of anilines is 1. The van der Waals surface area contributed by atoms with Crippen LogP contribution in [0.3, 0.4) is 0 Å². The van der Waals surface area contributed by atoms with Crippen LogP contribution in [0.25, 0.3) is 32.8 Å². The fraction of sp³-hybridized carbons (Fsp3) is 0.472. The van der Waals surface area contributed by atoms with E-state index in [0.29, 0.717) is 68.5 Å². The number of phenolic OH excluding ortho intramolecular Hbond substituents is 1. The molecule has 3 fully saturated rings. The molecule has 0 amide bonds. The maximum Gasteiger partial charge on any atom is 0.319 e. The standard InChI is InChI=1S/C36H39ClF2N4O4/c1-3-21-15-25(44)16-23-7-4-9-26(29(21)23)30-28(37)17-27-32(31(30)39)40-35(47-20-36-11-6-13-43(36)19-24(38)18-36)41-33(27)42-12-5-8-22(10-14-42)34(45)46-2/h4,7,9,15-17,22,24,44H,3,5-6,8,10-14,18-20H2,1-2H3/t22?,24-,36+/m1/s1. The Balaban J connectivity index is 1.36. The van der Waals surface area contributed by atoms with Crippen LogP contribution in [0, 0.1) is 11.7 Å². The van der Waals surface area contributed by atoms with Crippen LogP contribution in [0.15, 0.2) is 36.4 Å². The van der Waals surface area contributed by atoms with E-state index in [-0.39, 0.29) is 46.4 Å². The lowest BCUT2D eigenvalue weighted by molar-refractivity contribution is -0.145. The average Bonchev–Trinajstić information content (AvgIpc) is 3.46. The first-order valence-corrected chi connectivity index (χ1v) is 16.9. The number of methoxy groups -OCH3 is 1. The summed E-state index contributed by atoms with van der Waals surface area (Å²) in [5, 5.41) is 12.6. The van der Waals surface area contributed by atoms with Crippen LogP contribution >= 0.6 is 11.6 Å². The quantitative estimate of drug-likeness (QED) is 0.207. The number of carbonyl (C=O) groups excluding carboxylic acids is 1. The van der Waals surface area contributed by atoms with Gasteiger partial charge in [-0.05, 0) is 85.2 Å². The molecule has 3 saturated heterocycles. The minimum Gasteiger partial charge on any atom is -0.508 e. The first-order chi connectivity index (χ1) is 22.7. The van der Waals surface area contributed by atoms with Crippen LogP contribution in [-0.2, 0) is 16.0 Å². The molecule has 0 saturated carbocycles. The minimum absolute atomic E-state index is 0.0223. The van der Waals surface area contributed by atoms with Crippen LogP contribution in [0.5, 0.6) is 11.8 Å². The molecule has 0 spiro atoms. The average molecular weight is 665 g/mol. The second-order valence-electron chi connectivity index (χ2n) is 13.1. The minimum atomic E-state index is -0.912. The molecular weight excluding hydrogens is 626 g/mol. The number of aromatic hydroxyl groups is 1. The second-order valence-corrected chi connectivity index (χ2v) is 13.5. The number of alkyl halides is 1. The van der Waals surface area contributed by atoms with Crippen molar-refractivity contribution in [3.05, 3.63) is 52.8 Å². The van der Waals surface area contributed by atoms with Crippen LogP contribution in [0.1, 0.15) is 51.0 Å². The van der Waals surface area contributed by atoms with Crippen molar-refractivity contribution >= 4 is 45.1 Å². The number of fused-ring (bicyclic) bond motifs is 3. The summed E-state index contributed by atoms with van der Waals surface area (Å²) < 4.78 is 42.9. The number of benzene rings is 3. The highest BCUT2D eigenvalue weighted by atomic mass is 35.5. The topological polar surface area (TPSA) is 88.0 Å². The summed E-state index contributed by atoms with van der Waals surface area (Å²) >= 11 is 6.96. The lowest BCUT2D eigenvalue weighted by Gasteiger charge is -2.31. The molecule has 1 N–H and O–H groups in total. The van der Waals surface area contributed by atoms with Gasteiger partial charge in [-0.25, -0.2) is 8.78 Å². The lowest BCUT2D eigenvalue weighted by atomic mass is 9.92. The molecule has 8 nitrogen and oxygen atoms in total. The highest BCUT2D eigenvalue weighted by molar-refractivity contribution is 6.35. The number of aromatic nitrogens is 2. The Bertz CT molecular complexity index is 1860. The van der Waals surface area contributed by atoms with Crippen molar-refractivity contribution < 1.29 is 28.2 Å². The summed E-state index contributed by atoms with van der Waals surface area (Å²) in [5.74, 6) is -0.445. The van der Waals surface area contributed by atoms with Gasteiger partial charge in [-0.2, -0.15) is 9.97 Å². The molecule has 7 rings (SSSR count). The Morgan fingerprint density at radius 2 is 2.00 bits per heavy atom. The van der Waals surface area contributed by atoms with Crippen LogP contribution in [-0.4, -0.2) is 77.6 Å². The fourth-order valence-corrected chi connectivity index (χ4v) is 8.35. The van der Waals surface area contributed by atoms with E-state index in [2.05, 4.69) is 9.88 Å². The van der Waals surface area contributed by atoms with Gasteiger partial charge in [-0.1, -0.05) is 36.7 Å². The zero-order valence-electron chi connectivity index (χ0n) is 26.7. The van der Waals surface area contributed by atoms with E-state index in [1.165, 1.54) is 7.11 Å². The molecular formula is C36H39ClF2N4O4. The fourth-order valence-electron chi connectivity index (χ4n) is 8.06. The summed E-state index contributed by atoms with van der Waals surface area (Å²) in [4.78, 5) is 26.0. The summed E-state index contributed by atoms with van der Waals surface area (Å²) in [5.41, 5.74) is 1.32. The molecule has 11 heteroatoms. The predicted octanol–water partition coefficient (Wildman–Crippen LogP) is 7.25. The summed E-state index contributed by atoms with van der Waals surface area (Å²) in [7, 11) is 1.40. The number of halogens is 3. The van der Waals surface area contributed by atoms with E-state index in [1.54, 1.807) is 18.2 Å². The summed E-state index contributed by atoms with van der Waals surface area (Å²) in [6.45, 7) is 4.49. The molecule has 3 aliphatic rings. The Kier molecular flexibility index (Phi) is 8.59. The number of nitrogens with zero attached hydrogens (tertiary/aromatic N) is 4. The molecule has 0 aliphatic carbocycles. The van der Waals surface area contributed by atoms with Crippen molar-refractivity contribution in [1.82, 2.24) is 14.9 Å². The Morgan fingerprint density at radius 1 is 1.15 bits per heavy atom. The Morgan fingerprint density at radius 3 is 2.81 bits per heavy atom. The van der Waals surface area contributed by atoms with E-state index in [1.807, 2.05) is 30.0 Å². The number of carbonyl (C=O) groups is 1. The number of rotatable bonds is 7. The molecule has 3 atom stereocenters. The van der Waals surface area contributed by atoms with Crippen molar-refractivity contribution in [2.24, 2.45) is 5.92 Å². The molecule has 4 heterocycles. The maximum atomic E-state index is 17.1. The monoisotopic (exact) mass is 664 g/mol. The molecule has 4 aromatic rings. The maximum absolute atomic E-state index is 17.1. The van der Waals surface area contributed by atoms with Crippen LogP contribution < -0.4 is 9.64 Å². The van der Waals surface area contributed by atoms with Gasteiger partial charge in [-0.15, -0.1) is 0 Å². The van der Waals surface area contributed by atoms with Crippen molar-refractivity contribution in [1.29, 1.82) is 0 Å². The molecule has 1 aromatic heterocycles. The third kappa shape index (κ3) is 5.73. The first-order valence-electron chi connectivity index (χ1n) is 16.5. The van der Waals surface area contributed by atoms with Gasteiger partial charge in [0, 0.05) is 37.0 Å². The van der Waals surface area contributed by atoms with Gasteiger partial charge >= 0.3 is 12.0 Å². The van der Waals surface area contributed by atoms with E-state index in [9.17, 15) is 14.3 Å². The van der Waals surface area contributed by atoms with Gasteiger partial charge in [0.1, 0.15) is 29.9 Å². The zero-order valence-corrected chi connectivity index (χ0v) is 27.5. The Hall–Kier alpha value is -3.76. The van der Waals surface area contributed by atoms with E-state index >= 15 is 4.39 Å². The molecule has 47 heavy (non-hydrogen) atoms. The zero-order chi connectivity index (χ0) is 32.9. The molecule has 3 aliphatic heterocycles. The van der Waals surface area contributed by atoms with Crippen molar-refractivity contribution in [2.75, 3.05) is 44.8 Å². The summed E-state index contributed by atoms with van der Waals surface area (Å²) in [6, 6.07) is 10.6. The van der Waals surface area contributed by atoms with Gasteiger partial charge in [0.05, 0.1) is 23.6 Å². The number of hydrogen-bond donors (Lipinski definition) is 1. The highest BCUT2D eigenvalue weighted by Crippen LogP contribution is 2.44. The number of ether oxygens (including phenoxy) is 2.